The molecule has 0 unspecified atom stereocenters. The number of carbonyl (C=O) groups excluding carboxylic acids is 2. The van der Waals surface area contributed by atoms with E-state index in [9.17, 15) is 14.7 Å². The standard InChI is InChI=1S/C20H21NO4/c22-13-17(11-15-7-3-1-4-8-15)19(23)21-18(14-25-20(21)24)12-16-9-5-2-6-10-16/h1-10,17-18,22H,11-14H2/t17-,18+/m1/s1. The van der Waals surface area contributed by atoms with Crippen molar-refractivity contribution in [3.63, 3.8) is 0 Å². The number of benzene rings is 2. The van der Waals surface area contributed by atoms with Gasteiger partial charge >= 0.3 is 6.09 Å². The summed E-state index contributed by atoms with van der Waals surface area (Å²) >= 11 is 0. The van der Waals surface area contributed by atoms with Gasteiger partial charge in [-0.1, -0.05) is 60.7 Å². The average molecular weight is 339 g/mol. The number of aliphatic hydroxyl groups is 1. The fraction of sp³-hybridized carbons (Fsp3) is 0.300. The molecule has 1 aliphatic heterocycles. The van der Waals surface area contributed by atoms with E-state index in [2.05, 4.69) is 0 Å². The Balaban J connectivity index is 1.74. The minimum Gasteiger partial charge on any atom is -0.447 e. The maximum absolute atomic E-state index is 12.9. The zero-order valence-electron chi connectivity index (χ0n) is 13.9. The average Bonchev–Trinajstić information content (AvgIpc) is 3.01. The number of hydrogen-bond donors (Lipinski definition) is 1. The van der Waals surface area contributed by atoms with Crippen molar-refractivity contribution in [2.24, 2.45) is 5.92 Å². The van der Waals surface area contributed by atoms with E-state index in [1.54, 1.807) is 0 Å². The lowest BCUT2D eigenvalue weighted by atomic mass is 9.97. The summed E-state index contributed by atoms with van der Waals surface area (Å²) in [5, 5.41) is 9.68. The number of ether oxygens (including phenoxy) is 1. The molecular weight excluding hydrogens is 318 g/mol. The first kappa shape index (κ1) is 17.2. The van der Waals surface area contributed by atoms with Crippen molar-refractivity contribution in [2.45, 2.75) is 18.9 Å². The van der Waals surface area contributed by atoms with Crippen LogP contribution in [0.2, 0.25) is 0 Å². The van der Waals surface area contributed by atoms with Crippen molar-refractivity contribution in [1.82, 2.24) is 4.90 Å². The van der Waals surface area contributed by atoms with E-state index in [0.29, 0.717) is 12.8 Å². The third-order valence-corrected chi connectivity index (χ3v) is 4.41. The van der Waals surface area contributed by atoms with Gasteiger partial charge in [-0.15, -0.1) is 0 Å². The van der Waals surface area contributed by atoms with Gasteiger partial charge in [0, 0.05) is 0 Å². The van der Waals surface area contributed by atoms with Crippen molar-refractivity contribution in [3.05, 3.63) is 71.8 Å². The van der Waals surface area contributed by atoms with Gasteiger partial charge in [-0.05, 0) is 24.0 Å². The molecule has 0 aromatic heterocycles. The second kappa shape index (κ2) is 7.94. The van der Waals surface area contributed by atoms with Crippen LogP contribution in [0.3, 0.4) is 0 Å². The highest BCUT2D eigenvalue weighted by atomic mass is 16.6. The summed E-state index contributed by atoms with van der Waals surface area (Å²) in [5.74, 6) is -1.04. The van der Waals surface area contributed by atoms with E-state index >= 15 is 0 Å². The first-order valence-electron chi connectivity index (χ1n) is 8.37. The van der Waals surface area contributed by atoms with E-state index < -0.39 is 12.0 Å². The van der Waals surface area contributed by atoms with Gasteiger partial charge in [0.1, 0.15) is 6.61 Å². The van der Waals surface area contributed by atoms with Gasteiger partial charge in [-0.25, -0.2) is 9.69 Å². The van der Waals surface area contributed by atoms with E-state index in [1.165, 1.54) is 4.90 Å². The number of cyclic esters (lactones) is 1. The Kier molecular flexibility index (Phi) is 5.46. The smallest absolute Gasteiger partial charge is 0.416 e. The molecule has 5 heteroatoms. The molecular formula is C20H21NO4. The zero-order chi connectivity index (χ0) is 17.6. The fourth-order valence-corrected chi connectivity index (χ4v) is 3.09. The second-order valence-corrected chi connectivity index (χ2v) is 6.20. The maximum Gasteiger partial charge on any atom is 0.416 e. The quantitative estimate of drug-likeness (QED) is 0.878. The lowest BCUT2D eigenvalue weighted by Gasteiger charge is -2.24. The van der Waals surface area contributed by atoms with E-state index in [-0.39, 0.29) is 25.2 Å². The van der Waals surface area contributed by atoms with Crippen LogP contribution in [0.1, 0.15) is 11.1 Å². The molecule has 2 amide bonds. The van der Waals surface area contributed by atoms with Gasteiger partial charge in [0.15, 0.2) is 0 Å². The molecule has 5 nitrogen and oxygen atoms in total. The summed E-state index contributed by atoms with van der Waals surface area (Å²) in [4.78, 5) is 26.1. The summed E-state index contributed by atoms with van der Waals surface area (Å²) in [6.07, 6.45) is 0.303. The SMILES string of the molecule is O=C1OC[C@H](Cc2ccccc2)N1C(=O)[C@@H](CO)Cc1ccccc1. The molecule has 130 valence electrons. The molecule has 0 spiro atoms. The van der Waals surface area contributed by atoms with Gasteiger partial charge in [-0.3, -0.25) is 4.79 Å². The maximum atomic E-state index is 12.9. The minimum absolute atomic E-state index is 0.183. The zero-order valence-corrected chi connectivity index (χ0v) is 13.9. The van der Waals surface area contributed by atoms with Gasteiger partial charge in [0.25, 0.3) is 0 Å². The van der Waals surface area contributed by atoms with Crippen molar-refractivity contribution in [3.8, 4) is 0 Å². The highest BCUT2D eigenvalue weighted by Gasteiger charge is 2.40. The summed E-state index contributed by atoms with van der Waals surface area (Å²) in [6.45, 7) is -0.126. The Hall–Kier alpha value is -2.66. The molecule has 0 bridgehead atoms. The highest BCUT2D eigenvalue weighted by molar-refractivity contribution is 5.95. The van der Waals surface area contributed by atoms with E-state index in [1.807, 2.05) is 60.7 Å². The van der Waals surface area contributed by atoms with Crippen LogP contribution in [0.15, 0.2) is 60.7 Å². The van der Waals surface area contributed by atoms with Crippen LogP contribution in [-0.4, -0.2) is 41.3 Å². The van der Waals surface area contributed by atoms with Crippen molar-refractivity contribution >= 4 is 12.0 Å². The van der Waals surface area contributed by atoms with Gasteiger partial charge in [-0.2, -0.15) is 0 Å². The molecule has 2 aromatic carbocycles. The lowest BCUT2D eigenvalue weighted by molar-refractivity contribution is -0.134. The molecule has 1 heterocycles. The lowest BCUT2D eigenvalue weighted by Crippen LogP contribution is -2.45. The number of nitrogens with zero attached hydrogens (tertiary/aromatic N) is 1. The van der Waals surface area contributed by atoms with Crippen LogP contribution in [0.25, 0.3) is 0 Å². The third kappa shape index (κ3) is 4.06. The molecule has 0 aliphatic carbocycles. The number of imide groups is 1. The van der Waals surface area contributed by atoms with Gasteiger partial charge < -0.3 is 9.84 Å². The molecule has 0 radical (unpaired) electrons. The topological polar surface area (TPSA) is 66.8 Å². The van der Waals surface area contributed by atoms with Crippen LogP contribution in [0, 0.1) is 5.92 Å². The van der Waals surface area contributed by atoms with Crippen LogP contribution < -0.4 is 0 Å². The van der Waals surface area contributed by atoms with Crippen LogP contribution in [-0.2, 0) is 22.4 Å². The monoisotopic (exact) mass is 339 g/mol. The summed E-state index contributed by atoms with van der Waals surface area (Å²) in [6, 6.07) is 18.8. The number of hydrogen-bond acceptors (Lipinski definition) is 4. The Labute approximate surface area is 146 Å². The Morgan fingerprint density at radius 3 is 2.28 bits per heavy atom. The molecule has 1 aliphatic rings. The predicted molar refractivity (Wildman–Crippen MR) is 92.8 cm³/mol. The predicted octanol–water partition coefficient (Wildman–Crippen LogP) is 2.43. The first-order valence-corrected chi connectivity index (χ1v) is 8.37. The highest BCUT2D eigenvalue weighted by Crippen LogP contribution is 2.21. The number of carbonyl (C=O) groups is 2. The van der Waals surface area contributed by atoms with Crippen LogP contribution in [0.5, 0.6) is 0 Å². The van der Waals surface area contributed by atoms with Crippen molar-refractivity contribution < 1.29 is 19.4 Å². The molecule has 1 N–H and O–H groups in total. The van der Waals surface area contributed by atoms with E-state index in [4.69, 9.17) is 4.74 Å². The number of rotatable bonds is 6. The van der Waals surface area contributed by atoms with Crippen LogP contribution >= 0.6 is 0 Å². The Morgan fingerprint density at radius 2 is 1.68 bits per heavy atom. The normalized spacial score (nSPS) is 18.0. The third-order valence-electron chi connectivity index (χ3n) is 4.41. The van der Waals surface area contributed by atoms with E-state index in [0.717, 1.165) is 11.1 Å². The Morgan fingerprint density at radius 1 is 1.08 bits per heavy atom. The summed E-state index contributed by atoms with van der Waals surface area (Å²) in [5.41, 5.74) is 1.98. The molecule has 2 aromatic rings. The van der Waals surface area contributed by atoms with Crippen molar-refractivity contribution in [1.29, 1.82) is 0 Å². The minimum atomic E-state index is -0.661. The van der Waals surface area contributed by atoms with Gasteiger partial charge in [0.2, 0.25) is 5.91 Å². The van der Waals surface area contributed by atoms with Crippen LogP contribution in [0.4, 0.5) is 4.79 Å². The molecule has 25 heavy (non-hydrogen) atoms. The second-order valence-electron chi connectivity index (χ2n) is 6.20. The first-order chi connectivity index (χ1) is 12.2. The molecule has 2 atom stereocenters. The molecule has 1 saturated heterocycles. The summed E-state index contributed by atoms with van der Waals surface area (Å²) in [7, 11) is 0. The Bertz CT molecular complexity index is 717. The van der Waals surface area contributed by atoms with Gasteiger partial charge in [0.05, 0.1) is 18.6 Å². The molecule has 3 rings (SSSR count). The number of amides is 2. The largest absolute Gasteiger partial charge is 0.447 e. The van der Waals surface area contributed by atoms with Crippen molar-refractivity contribution in [2.75, 3.05) is 13.2 Å². The fourth-order valence-electron chi connectivity index (χ4n) is 3.09. The summed E-state index contributed by atoms with van der Waals surface area (Å²) < 4.78 is 5.10. The molecule has 1 fully saturated rings. The molecule has 0 saturated carbocycles. The number of aliphatic hydroxyl groups excluding tert-OH is 1.